The third-order valence-electron chi connectivity index (χ3n) is 1.92. The Morgan fingerprint density at radius 2 is 1.12 bits per heavy atom. The highest BCUT2D eigenvalue weighted by Gasteiger charge is 2.01. The van der Waals surface area contributed by atoms with Gasteiger partial charge >= 0.3 is 11.9 Å². The molecular weight excluding hydrogens is 222 g/mol. The lowest BCUT2D eigenvalue weighted by Gasteiger charge is -2.19. The standard InChI is InChI=1S/C9H21N.C3H4O4/c1-4-7-10(8-5-2)9-6-3;4-2(5)1-3(6)7/h4-9H2,1-3H3;1H2,(H,4,5)(H,6,7). The number of hydrogen-bond acceptors (Lipinski definition) is 3. The van der Waals surface area contributed by atoms with E-state index in [1.807, 2.05) is 0 Å². The van der Waals surface area contributed by atoms with E-state index in [9.17, 15) is 9.59 Å². The molecule has 0 heterocycles. The van der Waals surface area contributed by atoms with Gasteiger partial charge in [-0.2, -0.15) is 0 Å². The van der Waals surface area contributed by atoms with Crippen molar-refractivity contribution in [3.8, 4) is 0 Å². The minimum atomic E-state index is -1.31. The zero-order valence-corrected chi connectivity index (χ0v) is 11.1. The molecule has 0 radical (unpaired) electrons. The van der Waals surface area contributed by atoms with Gasteiger partial charge in [0.1, 0.15) is 6.42 Å². The highest BCUT2D eigenvalue weighted by molar-refractivity contribution is 5.88. The summed E-state index contributed by atoms with van der Waals surface area (Å²) < 4.78 is 0. The van der Waals surface area contributed by atoms with Gasteiger partial charge in [0.2, 0.25) is 0 Å². The summed E-state index contributed by atoms with van der Waals surface area (Å²) >= 11 is 0. The van der Waals surface area contributed by atoms with Crippen LogP contribution in [0, 0.1) is 0 Å². The third-order valence-corrected chi connectivity index (χ3v) is 1.92. The first kappa shape index (κ1) is 18.3. The summed E-state index contributed by atoms with van der Waals surface area (Å²) in [6.07, 6.45) is 3.07. The molecule has 5 nitrogen and oxygen atoms in total. The SMILES string of the molecule is CCCN(CCC)CCC.O=C(O)CC(=O)O. The fraction of sp³-hybridized carbons (Fsp3) is 0.833. The highest BCUT2D eigenvalue weighted by Crippen LogP contribution is 1.94. The molecule has 0 atom stereocenters. The van der Waals surface area contributed by atoms with Crippen LogP contribution in [0.1, 0.15) is 46.5 Å². The summed E-state index contributed by atoms with van der Waals surface area (Å²) in [5.41, 5.74) is 0. The van der Waals surface area contributed by atoms with Gasteiger partial charge in [0.15, 0.2) is 0 Å². The maximum Gasteiger partial charge on any atom is 0.314 e. The fourth-order valence-corrected chi connectivity index (χ4v) is 1.41. The van der Waals surface area contributed by atoms with E-state index in [2.05, 4.69) is 25.7 Å². The van der Waals surface area contributed by atoms with Crippen LogP contribution in [-0.4, -0.2) is 46.7 Å². The average Bonchev–Trinajstić information content (AvgIpc) is 2.17. The van der Waals surface area contributed by atoms with Crippen molar-refractivity contribution in [3.63, 3.8) is 0 Å². The zero-order chi connectivity index (χ0) is 13.7. The molecular formula is C12H25NO4. The molecule has 0 bridgehead atoms. The minimum absolute atomic E-state index is 0.806. The maximum absolute atomic E-state index is 9.43. The smallest absolute Gasteiger partial charge is 0.314 e. The molecule has 5 heteroatoms. The van der Waals surface area contributed by atoms with Gasteiger partial charge in [0, 0.05) is 0 Å². The Hall–Kier alpha value is -1.10. The Balaban J connectivity index is 0. The predicted molar refractivity (Wildman–Crippen MR) is 67.2 cm³/mol. The molecule has 0 aliphatic rings. The number of aliphatic carboxylic acids is 2. The third kappa shape index (κ3) is 17.5. The normalized spacial score (nSPS) is 9.65. The molecule has 0 fully saturated rings. The van der Waals surface area contributed by atoms with Crippen LogP contribution in [0.25, 0.3) is 0 Å². The maximum atomic E-state index is 9.43. The molecule has 0 aromatic carbocycles. The summed E-state index contributed by atoms with van der Waals surface area (Å²) in [6.45, 7) is 10.6. The lowest BCUT2D eigenvalue weighted by Crippen LogP contribution is -2.25. The Bertz CT molecular complexity index is 180. The summed E-state index contributed by atoms with van der Waals surface area (Å²) in [5.74, 6) is -2.62. The quantitative estimate of drug-likeness (QED) is 0.642. The van der Waals surface area contributed by atoms with Gasteiger partial charge in [-0.3, -0.25) is 9.59 Å². The number of carboxylic acids is 2. The topological polar surface area (TPSA) is 77.8 Å². The molecule has 0 amide bonds. The van der Waals surface area contributed by atoms with Crippen LogP contribution in [0.2, 0.25) is 0 Å². The first-order valence-electron chi connectivity index (χ1n) is 6.13. The monoisotopic (exact) mass is 247 g/mol. The van der Waals surface area contributed by atoms with E-state index in [0.717, 1.165) is 0 Å². The Morgan fingerprint density at radius 1 is 0.824 bits per heavy atom. The van der Waals surface area contributed by atoms with E-state index in [-0.39, 0.29) is 0 Å². The van der Waals surface area contributed by atoms with Crippen LogP contribution < -0.4 is 0 Å². The molecule has 17 heavy (non-hydrogen) atoms. The van der Waals surface area contributed by atoms with Gasteiger partial charge in [0.25, 0.3) is 0 Å². The van der Waals surface area contributed by atoms with Crippen LogP contribution in [0.5, 0.6) is 0 Å². The fourth-order valence-electron chi connectivity index (χ4n) is 1.41. The van der Waals surface area contributed by atoms with E-state index < -0.39 is 18.4 Å². The minimum Gasteiger partial charge on any atom is -0.481 e. The van der Waals surface area contributed by atoms with E-state index in [1.165, 1.54) is 38.9 Å². The molecule has 0 unspecified atom stereocenters. The van der Waals surface area contributed by atoms with E-state index in [4.69, 9.17) is 10.2 Å². The van der Waals surface area contributed by atoms with Gasteiger partial charge in [-0.15, -0.1) is 0 Å². The van der Waals surface area contributed by atoms with Gasteiger partial charge in [0.05, 0.1) is 0 Å². The van der Waals surface area contributed by atoms with Crippen LogP contribution in [0.3, 0.4) is 0 Å². The molecule has 0 saturated heterocycles. The lowest BCUT2D eigenvalue weighted by atomic mass is 10.3. The lowest BCUT2D eigenvalue weighted by molar-refractivity contribution is -0.147. The number of nitrogens with zero attached hydrogens (tertiary/aromatic N) is 1. The van der Waals surface area contributed by atoms with Crippen LogP contribution >= 0.6 is 0 Å². The second-order valence-electron chi connectivity index (χ2n) is 3.81. The van der Waals surface area contributed by atoms with Crippen LogP contribution in [0.15, 0.2) is 0 Å². The van der Waals surface area contributed by atoms with E-state index in [1.54, 1.807) is 0 Å². The largest absolute Gasteiger partial charge is 0.481 e. The molecule has 0 rings (SSSR count). The van der Waals surface area contributed by atoms with Crippen molar-refractivity contribution in [1.82, 2.24) is 4.90 Å². The zero-order valence-electron chi connectivity index (χ0n) is 11.1. The van der Waals surface area contributed by atoms with Crippen LogP contribution in [-0.2, 0) is 9.59 Å². The van der Waals surface area contributed by atoms with Crippen molar-refractivity contribution in [2.75, 3.05) is 19.6 Å². The second-order valence-corrected chi connectivity index (χ2v) is 3.81. The van der Waals surface area contributed by atoms with Crippen molar-refractivity contribution in [1.29, 1.82) is 0 Å². The van der Waals surface area contributed by atoms with E-state index in [0.29, 0.717) is 0 Å². The Morgan fingerprint density at radius 3 is 1.24 bits per heavy atom. The molecule has 0 aromatic heterocycles. The van der Waals surface area contributed by atoms with Gasteiger partial charge in [-0.25, -0.2) is 0 Å². The van der Waals surface area contributed by atoms with Crippen molar-refractivity contribution < 1.29 is 19.8 Å². The number of carboxylic acid groups (broad SMARTS) is 2. The summed E-state index contributed by atoms with van der Waals surface area (Å²) in [5, 5.41) is 15.4. The van der Waals surface area contributed by atoms with Gasteiger partial charge in [-0.05, 0) is 38.9 Å². The van der Waals surface area contributed by atoms with Crippen molar-refractivity contribution in [2.45, 2.75) is 46.5 Å². The summed E-state index contributed by atoms with van der Waals surface area (Å²) in [6, 6.07) is 0. The molecule has 2 N–H and O–H groups in total. The van der Waals surface area contributed by atoms with Gasteiger partial charge < -0.3 is 15.1 Å². The van der Waals surface area contributed by atoms with Gasteiger partial charge in [-0.1, -0.05) is 20.8 Å². The van der Waals surface area contributed by atoms with Crippen molar-refractivity contribution in [2.24, 2.45) is 0 Å². The molecule has 102 valence electrons. The molecule has 0 saturated carbocycles. The summed E-state index contributed by atoms with van der Waals surface area (Å²) in [4.78, 5) is 21.4. The highest BCUT2D eigenvalue weighted by atomic mass is 16.4. The first-order valence-corrected chi connectivity index (χ1v) is 6.13. The summed E-state index contributed by atoms with van der Waals surface area (Å²) in [7, 11) is 0. The first-order chi connectivity index (χ1) is 7.97. The second kappa shape index (κ2) is 13.0. The van der Waals surface area contributed by atoms with Crippen LogP contribution in [0.4, 0.5) is 0 Å². The number of carbonyl (C=O) groups is 2. The molecule has 0 aromatic rings. The Labute approximate surface area is 103 Å². The number of rotatable bonds is 8. The van der Waals surface area contributed by atoms with Crippen molar-refractivity contribution >= 4 is 11.9 Å². The Kier molecular flexibility index (Phi) is 13.9. The van der Waals surface area contributed by atoms with E-state index >= 15 is 0 Å². The average molecular weight is 247 g/mol. The molecule has 0 aliphatic heterocycles. The van der Waals surface area contributed by atoms with Crippen molar-refractivity contribution in [3.05, 3.63) is 0 Å². The molecule has 0 aliphatic carbocycles. The predicted octanol–water partition coefficient (Wildman–Crippen LogP) is 2.06. The molecule has 0 spiro atoms. The number of hydrogen-bond donors (Lipinski definition) is 2.